The molecule has 0 aromatic rings. The molecule has 0 saturated carbocycles. The molecule has 1 amide bonds. The fourth-order valence-electron chi connectivity index (χ4n) is 6.15. The van der Waals surface area contributed by atoms with E-state index in [1.165, 1.54) is 13.0 Å². The Hall–Kier alpha value is -1.55. The molecule has 4 heterocycles. The number of aliphatic hydroxyl groups is 11. The van der Waals surface area contributed by atoms with Crippen molar-refractivity contribution < 1.29 is 98.9 Å². The summed E-state index contributed by atoms with van der Waals surface area (Å²) in [5, 5.41) is 118. The van der Waals surface area contributed by atoms with Crippen LogP contribution in [0.4, 0.5) is 0 Å². The van der Waals surface area contributed by atoms with E-state index in [1.807, 2.05) is 0 Å². The van der Waals surface area contributed by atoms with Crippen molar-refractivity contribution >= 4 is 5.91 Å². The number of carbonyl (C=O) groups excluding carboxylic acids is 1. The van der Waals surface area contributed by atoms with E-state index < -0.39 is 148 Å². The molecule has 0 radical (unpaired) electrons. The molecule has 21 nitrogen and oxygen atoms in total. The fraction of sp³-hybridized carbons (Fsp3) is 0.897. The lowest BCUT2D eigenvalue weighted by atomic mass is 9.94. The third-order valence-corrected chi connectivity index (χ3v) is 8.93. The molecule has 0 aromatic carbocycles. The van der Waals surface area contributed by atoms with Crippen LogP contribution in [0.1, 0.15) is 13.8 Å². The van der Waals surface area contributed by atoms with Gasteiger partial charge >= 0.3 is 0 Å². The monoisotopic (exact) mass is 731 g/mol. The Kier molecular flexibility index (Phi) is 14.8. The Bertz CT molecular complexity index is 1090. The van der Waals surface area contributed by atoms with Crippen LogP contribution in [-0.2, 0) is 42.7 Å². The van der Waals surface area contributed by atoms with Gasteiger partial charge in [-0.2, -0.15) is 0 Å². The van der Waals surface area contributed by atoms with Gasteiger partial charge in [-0.3, -0.25) is 4.79 Å². The summed E-state index contributed by atoms with van der Waals surface area (Å²) < 4.78 is 45.4. The van der Waals surface area contributed by atoms with Crippen LogP contribution in [0, 0.1) is 0 Å². The van der Waals surface area contributed by atoms with Gasteiger partial charge in [0.25, 0.3) is 0 Å². The van der Waals surface area contributed by atoms with Crippen LogP contribution in [0.25, 0.3) is 0 Å². The highest BCUT2D eigenvalue weighted by Gasteiger charge is 2.56. The number of hydrogen-bond donors (Lipinski definition) is 12. The van der Waals surface area contributed by atoms with Crippen LogP contribution in [0.15, 0.2) is 12.7 Å². The zero-order valence-electron chi connectivity index (χ0n) is 27.3. The Morgan fingerprint density at radius 2 is 1.14 bits per heavy atom. The van der Waals surface area contributed by atoms with Gasteiger partial charge in [-0.1, -0.05) is 6.08 Å². The summed E-state index contributed by atoms with van der Waals surface area (Å²) in [4.78, 5) is 12.4. The van der Waals surface area contributed by atoms with Crippen LogP contribution >= 0.6 is 0 Å². The van der Waals surface area contributed by atoms with E-state index >= 15 is 0 Å². The second-order valence-electron chi connectivity index (χ2n) is 12.5. The minimum atomic E-state index is -1.94. The van der Waals surface area contributed by atoms with Crippen LogP contribution in [0.2, 0.25) is 0 Å². The SMILES string of the molecule is C=CCO[C@@H]1O[C@H](CO)[C@H](O)[C@H](O[C@@H]2O[C@H](CO)[C@H](O)[C@H](O[C@@H]3O[C@H](CO)[C@H](O)[C@H](O)[C@H]3O[C@@H]3O[C@@H](C)[C@@H](O)[C@@H](O)[C@@H]3O)[C@H]2NC(C)=O)[C@H]1O. The Morgan fingerprint density at radius 1 is 0.620 bits per heavy atom. The quantitative estimate of drug-likeness (QED) is 0.0783. The van der Waals surface area contributed by atoms with E-state index in [9.17, 15) is 61.0 Å². The first-order chi connectivity index (χ1) is 23.7. The Morgan fingerprint density at radius 3 is 1.72 bits per heavy atom. The summed E-state index contributed by atoms with van der Waals surface area (Å²) in [6.07, 6.45) is -30.2. The molecule has 12 N–H and O–H groups in total. The average molecular weight is 732 g/mol. The number of amides is 1. The molecule has 50 heavy (non-hydrogen) atoms. The Labute approximate surface area is 286 Å². The van der Waals surface area contributed by atoms with Crippen molar-refractivity contribution in [3.05, 3.63) is 12.7 Å². The topological polar surface area (TPSA) is 325 Å². The molecule has 20 atom stereocenters. The van der Waals surface area contributed by atoms with Gasteiger partial charge in [0.2, 0.25) is 5.91 Å². The lowest BCUT2D eigenvalue weighted by Gasteiger charge is -2.50. The average Bonchev–Trinajstić information content (AvgIpc) is 3.09. The summed E-state index contributed by atoms with van der Waals surface area (Å²) in [7, 11) is 0. The van der Waals surface area contributed by atoms with Crippen molar-refractivity contribution in [3.63, 3.8) is 0 Å². The third kappa shape index (κ3) is 8.80. The molecular formula is C29H49NO20. The largest absolute Gasteiger partial charge is 0.394 e. The highest BCUT2D eigenvalue weighted by atomic mass is 16.8. The maximum absolute atomic E-state index is 12.4. The van der Waals surface area contributed by atoms with Crippen molar-refractivity contribution in [1.82, 2.24) is 5.32 Å². The molecule has 4 rings (SSSR count). The van der Waals surface area contributed by atoms with Crippen molar-refractivity contribution in [2.45, 2.75) is 137 Å². The molecule has 0 aliphatic carbocycles. The van der Waals surface area contributed by atoms with Crippen LogP contribution in [0.3, 0.4) is 0 Å². The molecule has 4 saturated heterocycles. The van der Waals surface area contributed by atoms with E-state index in [0.29, 0.717) is 0 Å². The molecular weight excluding hydrogens is 682 g/mol. The molecule has 4 aliphatic rings. The molecule has 4 aliphatic heterocycles. The van der Waals surface area contributed by atoms with E-state index in [4.69, 9.17) is 37.9 Å². The standard InChI is InChI=1S/C29H49NO20/c1-4-5-43-27-22(42)24(18(38)13(8-33)46-27)49-26-14(30-10(3)34)23(17(37)12(7-32)45-26)48-29-25(20(40)16(36)11(6-31)47-29)50-28-21(41)19(39)15(35)9(2)44-28/h4,9,11-29,31-33,35-42H,1,5-8H2,2-3H3,(H,30,34)/t9-,11+,12+,13+,14+,15+,16-,17-,18-,19+,20-,21-,22+,23+,24-,25+,26-,27+,28-,29-/m0/s1. The van der Waals surface area contributed by atoms with Crippen LogP contribution in [0.5, 0.6) is 0 Å². The number of carbonyl (C=O) groups is 1. The van der Waals surface area contributed by atoms with Gasteiger partial charge in [0.05, 0.1) is 32.5 Å². The van der Waals surface area contributed by atoms with E-state index in [-0.39, 0.29) is 6.61 Å². The van der Waals surface area contributed by atoms with E-state index in [1.54, 1.807) is 0 Å². The molecule has 0 aromatic heterocycles. The van der Waals surface area contributed by atoms with Crippen molar-refractivity contribution in [1.29, 1.82) is 0 Å². The number of rotatable bonds is 13. The summed E-state index contributed by atoms with van der Waals surface area (Å²) in [5.74, 6) is -0.731. The number of aliphatic hydroxyl groups excluding tert-OH is 11. The molecule has 4 fully saturated rings. The fourth-order valence-corrected chi connectivity index (χ4v) is 6.15. The minimum Gasteiger partial charge on any atom is -0.394 e. The smallest absolute Gasteiger partial charge is 0.217 e. The second-order valence-corrected chi connectivity index (χ2v) is 12.5. The van der Waals surface area contributed by atoms with Gasteiger partial charge in [-0.25, -0.2) is 0 Å². The summed E-state index contributed by atoms with van der Waals surface area (Å²) in [6, 6.07) is -1.57. The zero-order chi connectivity index (χ0) is 37.0. The van der Waals surface area contributed by atoms with Crippen molar-refractivity contribution in [2.24, 2.45) is 0 Å². The lowest BCUT2D eigenvalue weighted by molar-refractivity contribution is -0.386. The van der Waals surface area contributed by atoms with E-state index in [2.05, 4.69) is 11.9 Å². The maximum atomic E-state index is 12.4. The van der Waals surface area contributed by atoms with Crippen LogP contribution in [-0.4, -0.2) is 211 Å². The van der Waals surface area contributed by atoms with Gasteiger partial charge in [-0.15, -0.1) is 6.58 Å². The predicted octanol–water partition coefficient (Wildman–Crippen LogP) is -7.37. The first-order valence-electron chi connectivity index (χ1n) is 16.0. The highest BCUT2D eigenvalue weighted by molar-refractivity contribution is 5.73. The first kappa shape index (κ1) is 41.2. The summed E-state index contributed by atoms with van der Waals surface area (Å²) in [6.45, 7) is 3.40. The van der Waals surface area contributed by atoms with Gasteiger partial charge in [-0.05, 0) is 6.92 Å². The number of nitrogens with one attached hydrogen (secondary N) is 1. The molecule has 0 spiro atoms. The van der Waals surface area contributed by atoms with Crippen LogP contribution < -0.4 is 5.32 Å². The van der Waals surface area contributed by atoms with Gasteiger partial charge in [0, 0.05) is 6.92 Å². The molecule has 290 valence electrons. The summed E-state index contributed by atoms with van der Waals surface area (Å²) in [5.41, 5.74) is 0. The predicted molar refractivity (Wildman–Crippen MR) is 158 cm³/mol. The molecule has 0 bridgehead atoms. The van der Waals surface area contributed by atoms with Crippen molar-refractivity contribution in [3.8, 4) is 0 Å². The minimum absolute atomic E-state index is 0.104. The second kappa shape index (κ2) is 18.0. The maximum Gasteiger partial charge on any atom is 0.217 e. The number of hydrogen-bond acceptors (Lipinski definition) is 20. The van der Waals surface area contributed by atoms with Gasteiger partial charge in [0.15, 0.2) is 25.2 Å². The lowest BCUT2D eigenvalue weighted by Crippen LogP contribution is -2.70. The zero-order valence-corrected chi connectivity index (χ0v) is 27.3. The Balaban J connectivity index is 1.66. The van der Waals surface area contributed by atoms with E-state index in [0.717, 1.165) is 6.92 Å². The molecule has 0 unspecified atom stereocenters. The third-order valence-electron chi connectivity index (χ3n) is 8.93. The molecule has 21 heteroatoms. The van der Waals surface area contributed by atoms with Gasteiger partial charge < -0.3 is 99.4 Å². The normalized spacial score (nSPS) is 48.6. The van der Waals surface area contributed by atoms with Gasteiger partial charge in [0.1, 0.15) is 91.5 Å². The highest BCUT2D eigenvalue weighted by Crippen LogP contribution is 2.35. The summed E-state index contributed by atoms with van der Waals surface area (Å²) >= 11 is 0. The van der Waals surface area contributed by atoms with Crippen molar-refractivity contribution in [2.75, 3.05) is 26.4 Å². The number of ether oxygens (including phenoxy) is 8. The first-order valence-corrected chi connectivity index (χ1v) is 16.0.